The maximum Gasteiger partial charge on any atom is 0.417 e. The molecule has 3 aromatic carbocycles. The van der Waals surface area contributed by atoms with Crippen molar-refractivity contribution in [2.24, 2.45) is 11.7 Å². The SMILES string of the molecule is CC(C)CC(NC(=O)[C@@H](Cc1c[nH]cn1)N(C(=O)OC(C)(C)C)C(=O)[C@@H](N)Cc1cccc2ccccc12)C(O)CCC(=O)OCc1ccccc1. The van der Waals surface area contributed by atoms with E-state index < -0.39 is 53.7 Å². The molecule has 0 aliphatic heterocycles. The number of esters is 1. The van der Waals surface area contributed by atoms with Crippen LogP contribution in [0.15, 0.2) is 85.3 Å². The van der Waals surface area contributed by atoms with Crippen molar-refractivity contribution in [2.45, 2.75) is 103 Å². The fraction of sp³-hybridized carbons (Fsp3) is 0.425. The Labute approximate surface area is 305 Å². The number of nitrogens with one attached hydrogen (secondary N) is 2. The Morgan fingerprint density at radius 3 is 2.33 bits per heavy atom. The number of fused-ring (bicyclic) bond motifs is 1. The number of imide groups is 1. The van der Waals surface area contributed by atoms with Crippen LogP contribution in [0.3, 0.4) is 0 Å². The van der Waals surface area contributed by atoms with E-state index in [4.69, 9.17) is 15.2 Å². The summed E-state index contributed by atoms with van der Waals surface area (Å²) in [5, 5.41) is 16.1. The minimum atomic E-state index is -1.44. The molecule has 4 rings (SSSR count). The molecule has 4 aromatic rings. The Kier molecular flexibility index (Phi) is 14.1. The molecule has 0 saturated heterocycles. The van der Waals surface area contributed by atoms with Crippen LogP contribution in [0.1, 0.15) is 70.7 Å². The monoisotopic (exact) mass is 713 g/mol. The summed E-state index contributed by atoms with van der Waals surface area (Å²) in [5.74, 6) is -1.97. The number of ether oxygens (including phenoxy) is 2. The third-order valence-electron chi connectivity index (χ3n) is 8.44. The number of hydrogen-bond acceptors (Lipinski definition) is 9. The number of nitrogens with two attached hydrogens (primary N) is 1. The van der Waals surface area contributed by atoms with Crippen molar-refractivity contribution < 1.29 is 33.8 Å². The molecule has 1 heterocycles. The number of hydrogen-bond donors (Lipinski definition) is 4. The average Bonchev–Trinajstić information content (AvgIpc) is 3.62. The largest absolute Gasteiger partial charge is 0.461 e. The lowest BCUT2D eigenvalue weighted by molar-refractivity contribution is -0.146. The number of carbonyl (C=O) groups is 4. The number of nitrogens with zero attached hydrogens (tertiary/aromatic N) is 2. The van der Waals surface area contributed by atoms with Crippen LogP contribution in [-0.2, 0) is 43.3 Å². The van der Waals surface area contributed by atoms with E-state index in [1.165, 1.54) is 6.33 Å². The van der Waals surface area contributed by atoms with Crippen molar-refractivity contribution in [1.29, 1.82) is 0 Å². The first-order chi connectivity index (χ1) is 24.7. The van der Waals surface area contributed by atoms with Gasteiger partial charge in [0.1, 0.15) is 18.2 Å². The first-order valence-corrected chi connectivity index (χ1v) is 17.7. The highest BCUT2D eigenvalue weighted by Crippen LogP contribution is 2.22. The predicted octanol–water partition coefficient (Wildman–Crippen LogP) is 5.22. The van der Waals surface area contributed by atoms with Crippen LogP contribution >= 0.6 is 0 Å². The zero-order valence-corrected chi connectivity index (χ0v) is 30.6. The van der Waals surface area contributed by atoms with Gasteiger partial charge in [-0.15, -0.1) is 0 Å². The number of benzene rings is 3. The highest BCUT2D eigenvalue weighted by atomic mass is 16.6. The van der Waals surface area contributed by atoms with Crippen LogP contribution in [0.25, 0.3) is 10.8 Å². The normalized spacial score (nSPS) is 13.9. The zero-order valence-electron chi connectivity index (χ0n) is 30.6. The van der Waals surface area contributed by atoms with Crippen LogP contribution in [0, 0.1) is 5.92 Å². The number of imidazole rings is 1. The number of carbonyl (C=O) groups excluding carboxylic acids is 4. The molecule has 5 N–H and O–H groups in total. The van der Waals surface area contributed by atoms with E-state index in [0.29, 0.717) is 12.1 Å². The zero-order chi connectivity index (χ0) is 37.8. The molecule has 4 atom stereocenters. The Morgan fingerprint density at radius 2 is 1.65 bits per heavy atom. The molecule has 12 nitrogen and oxygen atoms in total. The Bertz CT molecular complexity index is 1770. The molecule has 0 radical (unpaired) electrons. The summed E-state index contributed by atoms with van der Waals surface area (Å²) in [6.45, 7) is 8.95. The molecular weight excluding hydrogens is 662 g/mol. The molecule has 52 heavy (non-hydrogen) atoms. The van der Waals surface area contributed by atoms with Gasteiger partial charge in [-0.1, -0.05) is 86.6 Å². The lowest BCUT2D eigenvalue weighted by atomic mass is 9.95. The van der Waals surface area contributed by atoms with E-state index >= 15 is 0 Å². The van der Waals surface area contributed by atoms with Gasteiger partial charge in [0.05, 0.1) is 30.2 Å². The number of aromatic nitrogens is 2. The maximum absolute atomic E-state index is 14.3. The van der Waals surface area contributed by atoms with Crippen LogP contribution in [0.5, 0.6) is 0 Å². The van der Waals surface area contributed by atoms with Crippen molar-refractivity contribution in [2.75, 3.05) is 0 Å². The third-order valence-corrected chi connectivity index (χ3v) is 8.44. The van der Waals surface area contributed by atoms with E-state index in [0.717, 1.165) is 26.8 Å². The molecule has 0 aliphatic rings. The maximum atomic E-state index is 14.3. The van der Waals surface area contributed by atoms with Crippen LogP contribution in [0.2, 0.25) is 0 Å². The van der Waals surface area contributed by atoms with Gasteiger partial charge in [0.25, 0.3) is 0 Å². The molecule has 0 spiro atoms. The average molecular weight is 714 g/mol. The number of rotatable bonds is 16. The fourth-order valence-corrected chi connectivity index (χ4v) is 5.93. The first kappa shape index (κ1) is 39.7. The van der Waals surface area contributed by atoms with Crippen LogP contribution in [-0.4, -0.2) is 73.7 Å². The summed E-state index contributed by atoms with van der Waals surface area (Å²) < 4.78 is 11.1. The highest BCUT2D eigenvalue weighted by molar-refractivity contribution is 6.00. The standard InChI is InChI=1S/C40H51N5O7/c1-26(2)20-33(35(46)18-19-36(47)51-24-27-12-7-6-8-13-27)44-37(48)34(22-30-23-42-25-43-30)45(39(50)52-40(3,4)5)38(49)32(41)21-29-16-11-15-28-14-9-10-17-31(28)29/h6-17,23,25-26,32-35,46H,18-22,24,41H2,1-5H3,(H,42,43)(H,44,48)/t32-,33?,34+,35?/m0/s1. The molecular formula is C40H51N5O7. The molecule has 1 aromatic heterocycles. The molecule has 0 bridgehead atoms. The van der Waals surface area contributed by atoms with E-state index in [2.05, 4.69) is 15.3 Å². The summed E-state index contributed by atoms with van der Waals surface area (Å²) in [6.07, 6.45) is 1.03. The Balaban J connectivity index is 1.59. The summed E-state index contributed by atoms with van der Waals surface area (Å²) in [6, 6.07) is 19.2. The van der Waals surface area contributed by atoms with Crippen molar-refractivity contribution in [1.82, 2.24) is 20.2 Å². The number of aromatic amines is 1. The molecule has 0 aliphatic carbocycles. The number of aliphatic hydroxyl groups is 1. The molecule has 3 amide bonds. The Hall–Kier alpha value is -5.07. The second-order valence-corrected chi connectivity index (χ2v) is 14.4. The number of aliphatic hydroxyl groups excluding tert-OH is 1. The van der Waals surface area contributed by atoms with Gasteiger partial charge in [-0.05, 0) is 67.9 Å². The van der Waals surface area contributed by atoms with Gasteiger partial charge >= 0.3 is 12.1 Å². The molecule has 0 fully saturated rings. The fourth-order valence-electron chi connectivity index (χ4n) is 5.93. The summed E-state index contributed by atoms with van der Waals surface area (Å²) in [5.41, 5.74) is 7.61. The van der Waals surface area contributed by atoms with Gasteiger partial charge < -0.3 is 30.6 Å². The van der Waals surface area contributed by atoms with Gasteiger partial charge in [-0.3, -0.25) is 14.4 Å². The third kappa shape index (κ3) is 11.7. The number of amides is 3. The summed E-state index contributed by atoms with van der Waals surface area (Å²) in [4.78, 5) is 63.0. The lowest BCUT2D eigenvalue weighted by Gasteiger charge is -2.34. The predicted molar refractivity (Wildman–Crippen MR) is 198 cm³/mol. The first-order valence-electron chi connectivity index (χ1n) is 17.7. The lowest BCUT2D eigenvalue weighted by Crippen LogP contribution is -2.60. The Morgan fingerprint density at radius 1 is 0.962 bits per heavy atom. The van der Waals surface area contributed by atoms with Crippen LogP contribution in [0.4, 0.5) is 4.79 Å². The minimum Gasteiger partial charge on any atom is -0.461 e. The van der Waals surface area contributed by atoms with Gasteiger partial charge in [0, 0.05) is 19.0 Å². The van der Waals surface area contributed by atoms with Crippen molar-refractivity contribution >= 4 is 34.6 Å². The van der Waals surface area contributed by atoms with Crippen LogP contribution < -0.4 is 11.1 Å². The second kappa shape index (κ2) is 18.4. The highest BCUT2D eigenvalue weighted by Gasteiger charge is 2.41. The van der Waals surface area contributed by atoms with E-state index in [1.54, 1.807) is 27.0 Å². The van der Waals surface area contributed by atoms with Gasteiger partial charge in [-0.25, -0.2) is 14.7 Å². The quantitative estimate of drug-likeness (QED) is 0.113. The van der Waals surface area contributed by atoms with Crippen molar-refractivity contribution in [3.63, 3.8) is 0 Å². The van der Waals surface area contributed by atoms with Crippen molar-refractivity contribution in [3.05, 3.63) is 102 Å². The van der Waals surface area contributed by atoms with E-state index in [9.17, 15) is 24.3 Å². The van der Waals surface area contributed by atoms with Crippen molar-refractivity contribution in [3.8, 4) is 0 Å². The van der Waals surface area contributed by atoms with E-state index in [1.807, 2.05) is 86.6 Å². The smallest absolute Gasteiger partial charge is 0.417 e. The molecule has 12 heteroatoms. The van der Waals surface area contributed by atoms with Gasteiger partial charge in [-0.2, -0.15) is 0 Å². The molecule has 0 saturated carbocycles. The molecule has 278 valence electrons. The molecule has 2 unspecified atom stereocenters. The van der Waals surface area contributed by atoms with Gasteiger partial charge in [0.2, 0.25) is 11.8 Å². The minimum absolute atomic E-state index is 0.0138. The second-order valence-electron chi connectivity index (χ2n) is 14.4. The van der Waals surface area contributed by atoms with Gasteiger partial charge in [0.15, 0.2) is 0 Å². The summed E-state index contributed by atoms with van der Waals surface area (Å²) in [7, 11) is 0. The summed E-state index contributed by atoms with van der Waals surface area (Å²) >= 11 is 0. The number of H-pyrrole nitrogens is 1. The van der Waals surface area contributed by atoms with E-state index in [-0.39, 0.29) is 38.2 Å². The topological polar surface area (TPSA) is 177 Å².